The van der Waals surface area contributed by atoms with Crippen LogP contribution in [0.2, 0.25) is 0 Å². The van der Waals surface area contributed by atoms with Crippen LogP contribution in [0, 0.1) is 19.7 Å². The number of amides is 1. The maximum atomic E-state index is 14.2. The maximum absolute atomic E-state index is 14.2. The molecule has 0 atom stereocenters. The smallest absolute Gasteiger partial charge is 0.227 e. The van der Waals surface area contributed by atoms with Gasteiger partial charge in [0, 0.05) is 18.1 Å². The molecule has 1 aromatic heterocycles. The largest absolute Gasteiger partial charge is 0.493 e. The predicted molar refractivity (Wildman–Crippen MR) is 98.2 cm³/mol. The van der Waals surface area contributed by atoms with E-state index in [1.54, 1.807) is 29.1 Å². The number of carbonyl (C=O) groups excluding carboxylic acids is 1. The van der Waals surface area contributed by atoms with Crippen LogP contribution in [-0.4, -0.2) is 22.1 Å². The topological polar surface area (TPSA) is 56.1 Å². The van der Waals surface area contributed by atoms with Gasteiger partial charge in [-0.25, -0.2) is 9.37 Å². The average molecular weight is 353 g/mol. The van der Waals surface area contributed by atoms with Crippen molar-refractivity contribution in [2.75, 3.05) is 11.9 Å². The van der Waals surface area contributed by atoms with E-state index in [0.717, 1.165) is 16.9 Å². The van der Waals surface area contributed by atoms with Crippen molar-refractivity contribution in [2.45, 2.75) is 20.3 Å². The minimum Gasteiger partial charge on any atom is -0.493 e. The number of anilines is 1. The Labute approximate surface area is 151 Å². The number of aromatic nitrogens is 2. The summed E-state index contributed by atoms with van der Waals surface area (Å²) in [6.07, 6.45) is 4.92. The molecule has 0 fully saturated rings. The molecule has 0 aliphatic heterocycles. The van der Waals surface area contributed by atoms with Crippen molar-refractivity contribution in [3.63, 3.8) is 0 Å². The van der Waals surface area contributed by atoms with Gasteiger partial charge < -0.3 is 14.6 Å². The van der Waals surface area contributed by atoms with E-state index in [2.05, 4.69) is 10.3 Å². The van der Waals surface area contributed by atoms with E-state index in [-0.39, 0.29) is 18.9 Å². The standard InChI is InChI=1S/C20H20FN3O2/c1-14-4-3-5-19(15(14)2)26-11-8-20(25)23-16-6-7-18(17(21)12-16)24-10-9-22-13-24/h3-7,9-10,12-13H,8,11H2,1-2H3,(H,23,25). The Balaban J connectivity index is 1.55. The molecule has 0 aliphatic rings. The third-order valence-electron chi connectivity index (χ3n) is 4.16. The highest BCUT2D eigenvalue weighted by atomic mass is 19.1. The lowest BCUT2D eigenvalue weighted by atomic mass is 10.1. The lowest BCUT2D eigenvalue weighted by molar-refractivity contribution is -0.116. The first-order valence-corrected chi connectivity index (χ1v) is 8.31. The van der Waals surface area contributed by atoms with Crippen LogP contribution < -0.4 is 10.1 Å². The monoisotopic (exact) mass is 353 g/mol. The minimum atomic E-state index is -0.438. The van der Waals surface area contributed by atoms with E-state index >= 15 is 0 Å². The first kappa shape index (κ1) is 17.7. The number of nitrogens with one attached hydrogen (secondary N) is 1. The summed E-state index contributed by atoms with van der Waals surface area (Å²) < 4.78 is 21.4. The maximum Gasteiger partial charge on any atom is 0.227 e. The Morgan fingerprint density at radius 3 is 2.85 bits per heavy atom. The van der Waals surface area contributed by atoms with Crippen LogP contribution in [0.4, 0.5) is 10.1 Å². The first-order chi connectivity index (χ1) is 12.5. The average Bonchev–Trinajstić information content (AvgIpc) is 3.13. The Morgan fingerprint density at radius 1 is 1.27 bits per heavy atom. The molecule has 0 saturated carbocycles. The molecule has 1 N–H and O–H groups in total. The molecule has 2 aromatic carbocycles. The van der Waals surface area contributed by atoms with Gasteiger partial charge in [0.2, 0.25) is 5.91 Å². The van der Waals surface area contributed by atoms with E-state index in [0.29, 0.717) is 11.4 Å². The molecule has 26 heavy (non-hydrogen) atoms. The zero-order valence-electron chi connectivity index (χ0n) is 14.7. The van der Waals surface area contributed by atoms with Crippen LogP contribution in [0.1, 0.15) is 17.5 Å². The molecule has 0 radical (unpaired) electrons. The van der Waals surface area contributed by atoms with Gasteiger partial charge in [0.15, 0.2) is 0 Å². The van der Waals surface area contributed by atoms with Gasteiger partial charge in [0.05, 0.1) is 25.0 Å². The van der Waals surface area contributed by atoms with Crippen molar-refractivity contribution in [2.24, 2.45) is 0 Å². The van der Waals surface area contributed by atoms with Crippen LogP contribution in [0.3, 0.4) is 0 Å². The SMILES string of the molecule is Cc1cccc(OCCC(=O)Nc2ccc(-n3ccnc3)c(F)c2)c1C. The van der Waals surface area contributed by atoms with Gasteiger partial charge in [-0.15, -0.1) is 0 Å². The number of benzene rings is 2. The fourth-order valence-corrected chi connectivity index (χ4v) is 2.55. The van der Waals surface area contributed by atoms with Gasteiger partial charge in [-0.1, -0.05) is 12.1 Å². The number of hydrogen-bond acceptors (Lipinski definition) is 3. The van der Waals surface area contributed by atoms with Crippen molar-refractivity contribution in [3.8, 4) is 11.4 Å². The molecule has 3 aromatic rings. The number of carbonyl (C=O) groups is 1. The quantitative estimate of drug-likeness (QED) is 0.728. The Kier molecular flexibility index (Phi) is 5.31. The Bertz CT molecular complexity index is 907. The van der Waals surface area contributed by atoms with Crippen LogP contribution in [0.15, 0.2) is 55.1 Å². The highest BCUT2D eigenvalue weighted by Gasteiger charge is 2.09. The molecular formula is C20H20FN3O2. The summed E-state index contributed by atoms with van der Waals surface area (Å²) in [4.78, 5) is 15.9. The van der Waals surface area contributed by atoms with Gasteiger partial charge >= 0.3 is 0 Å². The van der Waals surface area contributed by atoms with Crippen molar-refractivity contribution in [1.29, 1.82) is 0 Å². The predicted octanol–water partition coefficient (Wildman–Crippen LogP) is 4.04. The van der Waals surface area contributed by atoms with Gasteiger partial charge in [-0.2, -0.15) is 0 Å². The lowest BCUT2D eigenvalue weighted by Gasteiger charge is -2.11. The van der Waals surface area contributed by atoms with Gasteiger partial charge in [-0.3, -0.25) is 4.79 Å². The van der Waals surface area contributed by atoms with E-state index in [1.807, 2.05) is 32.0 Å². The molecular weight excluding hydrogens is 333 g/mol. The summed E-state index contributed by atoms with van der Waals surface area (Å²) in [5, 5.41) is 2.68. The molecule has 3 rings (SSSR count). The number of halogens is 1. The lowest BCUT2D eigenvalue weighted by Crippen LogP contribution is -2.15. The molecule has 134 valence electrons. The second-order valence-electron chi connectivity index (χ2n) is 5.98. The van der Waals surface area contributed by atoms with Crippen LogP contribution >= 0.6 is 0 Å². The van der Waals surface area contributed by atoms with Crippen molar-refractivity contribution >= 4 is 11.6 Å². The number of rotatable bonds is 6. The molecule has 1 heterocycles. The summed E-state index contributed by atoms with van der Waals surface area (Å²) in [6, 6.07) is 10.4. The van der Waals surface area contributed by atoms with Gasteiger partial charge in [0.1, 0.15) is 11.6 Å². The number of ether oxygens (including phenoxy) is 1. The zero-order chi connectivity index (χ0) is 18.5. The van der Waals surface area contributed by atoms with Crippen LogP contribution in [0.25, 0.3) is 5.69 Å². The van der Waals surface area contributed by atoms with Crippen LogP contribution in [-0.2, 0) is 4.79 Å². The highest BCUT2D eigenvalue weighted by molar-refractivity contribution is 5.90. The molecule has 0 spiro atoms. The van der Waals surface area contributed by atoms with Crippen molar-refractivity contribution in [1.82, 2.24) is 9.55 Å². The molecule has 0 saturated heterocycles. The molecule has 0 aliphatic carbocycles. The van der Waals surface area contributed by atoms with Gasteiger partial charge in [0.25, 0.3) is 0 Å². The summed E-state index contributed by atoms with van der Waals surface area (Å²) in [7, 11) is 0. The van der Waals surface area contributed by atoms with Gasteiger partial charge in [-0.05, 0) is 49.2 Å². The molecule has 5 nitrogen and oxygen atoms in total. The minimum absolute atomic E-state index is 0.179. The normalized spacial score (nSPS) is 10.6. The van der Waals surface area contributed by atoms with Crippen LogP contribution in [0.5, 0.6) is 5.75 Å². The Morgan fingerprint density at radius 2 is 2.12 bits per heavy atom. The number of imidazole rings is 1. The summed E-state index contributed by atoms with van der Waals surface area (Å²) >= 11 is 0. The summed E-state index contributed by atoms with van der Waals surface area (Å²) in [6.45, 7) is 4.25. The third kappa shape index (κ3) is 4.08. The Hall–Kier alpha value is -3.15. The molecule has 0 bridgehead atoms. The summed E-state index contributed by atoms with van der Waals surface area (Å²) in [5.41, 5.74) is 2.98. The second kappa shape index (κ2) is 7.82. The molecule has 0 unspecified atom stereocenters. The third-order valence-corrected chi connectivity index (χ3v) is 4.16. The van der Waals surface area contributed by atoms with Crippen molar-refractivity contribution in [3.05, 3.63) is 72.1 Å². The first-order valence-electron chi connectivity index (χ1n) is 8.31. The highest BCUT2D eigenvalue weighted by Crippen LogP contribution is 2.21. The second-order valence-corrected chi connectivity index (χ2v) is 5.98. The van der Waals surface area contributed by atoms with E-state index in [4.69, 9.17) is 4.74 Å². The number of aryl methyl sites for hydroxylation is 1. The van der Waals surface area contributed by atoms with E-state index in [9.17, 15) is 9.18 Å². The number of nitrogens with zero attached hydrogens (tertiary/aromatic N) is 2. The van der Waals surface area contributed by atoms with E-state index in [1.165, 1.54) is 12.4 Å². The molecule has 1 amide bonds. The number of hydrogen-bond donors (Lipinski definition) is 1. The van der Waals surface area contributed by atoms with E-state index < -0.39 is 5.82 Å². The molecule has 6 heteroatoms. The summed E-state index contributed by atoms with van der Waals surface area (Å²) in [5.74, 6) is 0.103. The van der Waals surface area contributed by atoms with Crippen molar-refractivity contribution < 1.29 is 13.9 Å². The fourth-order valence-electron chi connectivity index (χ4n) is 2.55. The fraction of sp³-hybridized carbons (Fsp3) is 0.200. The zero-order valence-corrected chi connectivity index (χ0v) is 14.7.